The Bertz CT molecular complexity index is 1020. The molecule has 30 heavy (non-hydrogen) atoms. The fraction of sp³-hybridized carbons (Fsp3) is 0.400. The van der Waals surface area contributed by atoms with Crippen molar-refractivity contribution in [3.63, 3.8) is 0 Å². The molecule has 0 saturated carbocycles. The van der Waals surface area contributed by atoms with Crippen LogP contribution in [0.4, 0.5) is 8.78 Å². The Morgan fingerprint density at radius 3 is 2.50 bits per heavy atom. The topological polar surface area (TPSA) is 36.1 Å². The van der Waals surface area contributed by atoms with Crippen molar-refractivity contribution in [1.82, 2.24) is 9.88 Å². The highest BCUT2D eigenvalue weighted by Gasteiger charge is 2.15. The number of carbonyl (C=O) groups is 1. The van der Waals surface area contributed by atoms with Gasteiger partial charge in [-0.05, 0) is 86.3 Å². The first-order valence-corrected chi connectivity index (χ1v) is 10.8. The molecule has 1 aromatic heterocycles. The molecular formula is C25H28F2N2O. The van der Waals surface area contributed by atoms with E-state index in [1.54, 1.807) is 0 Å². The molecule has 1 aliphatic heterocycles. The number of carbonyl (C=O) groups excluding carboxylic acids is 1. The number of aromatic amines is 1. The number of Topliss-reactive ketones (excluding diaryl/α,β-unsaturated/α-hetero) is 1. The number of aromatic nitrogens is 1. The van der Waals surface area contributed by atoms with Crippen LogP contribution in [-0.4, -0.2) is 35.3 Å². The van der Waals surface area contributed by atoms with Crippen molar-refractivity contribution in [2.45, 2.75) is 44.9 Å². The summed E-state index contributed by atoms with van der Waals surface area (Å²) in [4.78, 5) is 18.3. The van der Waals surface area contributed by atoms with Crippen molar-refractivity contribution >= 4 is 16.7 Å². The number of piperidine rings is 1. The summed E-state index contributed by atoms with van der Waals surface area (Å²) in [5.41, 5.74) is 2.97. The Kier molecular flexibility index (Phi) is 6.28. The molecule has 0 spiro atoms. The van der Waals surface area contributed by atoms with Gasteiger partial charge in [0.1, 0.15) is 11.6 Å². The third-order valence-corrected chi connectivity index (χ3v) is 6.13. The van der Waals surface area contributed by atoms with Gasteiger partial charge in [0.25, 0.3) is 0 Å². The minimum Gasteiger partial charge on any atom is -0.352 e. The molecule has 1 atom stereocenters. The van der Waals surface area contributed by atoms with Crippen LogP contribution in [0.15, 0.2) is 42.5 Å². The smallest absolute Gasteiger partial charge is 0.183 e. The molecule has 3 aromatic rings. The average Bonchev–Trinajstić information content (AvgIpc) is 3.15. The van der Waals surface area contributed by atoms with Crippen LogP contribution in [0, 0.1) is 11.6 Å². The van der Waals surface area contributed by atoms with E-state index in [2.05, 4.69) is 28.9 Å². The summed E-state index contributed by atoms with van der Waals surface area (Å²) in [5, 5.41) is 0.992. The summed E-state index contributed by atoms with van der Waals surface area (Å²) >= 11 is 0. The fourth-order valence-corrected chi connectivity index (χ4v) is 4.33. The van der Waals surface area contributed by atoms with E-state index < -0.39 is 11.6 Å². The van der Waals surface area contributed by atoms with Crippen molar-refractivity contribution < 1.29 is 13.6 Å². The lowest BCUT2D eigenvalue weighted by Crippen LogP contribution is -2.31. The predicted octanol–water partition coefficient (Wildman–Crippen LogP) is 5.85. The molecule has 5 heteroatoms. The van der Waals surface area contributed by atoms with Crippen molar-refractivity contribution in [2.75, 3.05) is 19.6 Å². The van der Waals surface area contributed by atoms with Gasteiger partial charge >= 0.3 is 0 Å². The zero-order valence-corrected chi connectivity index (χ0v) is 17.4. The van der Waals surface area contributed by atoms with Gasteiger partial charge in [-0.2, -0.15) is 0 Å². The Morgan fingerprint density at radius 2 is 1.77 bits per heavy atom. The highest BCUT2D eigenvalue weighted by atomic mass is 19.1. The van der Waals surface area contributed by atoms with Crippen LogP contribution < -0.4 is 0 Å². The van der Waals surface area contributed by atoms with Crippen LogP contribution in [0.1, 0.15) is 60.1 Å². The van der Waals surface area contributed by atoms with Gasteiger partial charge in [-0.15, -0.1) is 0 Å². The number of likely N-dealkylation sites (tertiary alicyclic amines) is 1. The summed E-state index contributed by atoms with van der Waals surface area (Å²) < 4.78 is 26.8. The zero-order valence-electron chi connectivity index (χ0n) is 17.4. The van der Waals surface area contributed by atoms with E-state index in [4.69, 9.17) is 0 Å². The number of hydrogen-bond acceptors (Lipinski definition) is 2. The first-order valence-electron chi connectivity index (χ1n) is 10.8. The summed E-state index contributed by atoms with van der Waals surface area (Å²) in [6.45, 7) is 5.80. The SMILES string of the molecule is CC(CCN1CCCCC1)c1ccc2[nH]c(C(=O)Cc3cc(F)cc(F)c3)cc2c1. The first kappa shape index (κ1) is 20.7. The number of hydrogen-bond donors (Lipinski definition) is 1. The van der Waals surface area contributed by atoms with E-state index in [1.807, 2.05) is 12.1 Å². The lowest BCUT2D eigenvalue weighted by molar-refractivity contribution is 0.0989. The van der Waals surface area contributed by atoms with Gasteiger partial charge in [0.15, 0.2) is 5.78 Å². The van der Waals surface area contributed by atoms with Gasteiger partial charge in [-0.3, -0.25) is 4.79 Å². The minimum absolute atomic E-state index is 0.0411. The highest BCUT2D eigenvalue weighted by molar-refractivity contribution is 6.00. The Labute approximate surface area is 176 Å². The molecule has 3 nitrogen and oxygen atoms in total. The Balaban J connectivity index is 1.44. The van der Waals surface area contributed by atoms with E-state index in [1.165, 1.54) is 50.0 Å². The van der Waals surface area contributed by atoms with Crippen molar-refractivity contribution in [3.05, 3.63) is 70.9 Å². The maximum absolute atomic E-state index is 13.4. The minimum atomic E-state index is -0.669. The predicted molar refractivity (Wildman–Crippen MR) is 116 cm³/mol. The molecule has 2 heterocycles. The van der Waals surface area contributed by atoms with Crippen LogP contribution in [0.3, 0.4) is 0 Å². The number of H-pyrrole nitrogens is 1. The summed E-state index contributed by atoms with van der Waals surface area (Å²) in [6, 6.07) is 11.3. The third-order valence-electron chi connectivity index (χ3n) is 6.13. The number of rotatable bonds is 7. The van der Waals surface area contributed by atoms with Gasteiger partial charge in [-0.25, -0.2) is 8.78 Å². The molecule has 1 saturated heterocycles. The van der Waals surface area contributed by atoms with E-state index in [0.29, 0.717) is 17.2 Å². The number of benzene rings is 2. The molecule has 0 aliphatic carbocycles. The van der Waals surface area contributed by atoms with Crippen molar-refractivity contribution in [3.8, 4) is 0 Å². The van der Waals surface area contributed by atoms with Crippen molar-refractivity contribution in [1.29, 1.82) is 0 Å². The standard InChI is InChI=1S/C25H28F2N2O/c1-17(7-10-29-8-3-2-4-9-29)19-5-6-23-20(14-19)15-24(28-23)25(30)13-18-11-21(26)16-22(27)12-18/h5-6,11-12,14-17,28H,2-4,7-10,13H2,1H3. The quantitative estimate of drug-likeness (QED) is 0.496. The monoisotopic (exact) mass is 410 g/mol. The number of nitrogens with zero attached hydrogens (tertiary/aromatic N) is 1. The third kappa shape index (κ3) is 4.96. The van der Waals surface area contributed by atoms with Gasteiger partial charge in [0.2, 0.25) is 0 Å². The van der Waals surface area contributed by atoms with E-state index in [-0.39, 0.29) is 12.2 Å². The van der Waals surface area contributed by atoms with Gasteiger partial charge in [0.05, 0.1) is 5.69 Å². The zero-order chi connectivity index (χ0) is 21.1. The maximum atomic E-state index is 13.4. The van der Waals surface area contributed by atoms with Gasteiger partial charge in [0, 0.05) is 23.4 Å². The maximum Gasteiger partial charge on any atom is 0.183 e. The molecule has 4 rings (SSSR count). The summed E-state index contributed by atoms with van der Waals surface area (Å²) in [5.74, 6) is -1.08. The average molecular weight is 411 g/mol. The molecule has 0 amide bonds. The lowest BCUT2D eigenvalue weighted by atomic mass is 9.96. The van der Waals surface area contributed by atoms with E-state index in [9.17, 15) is 13.6 Å². The van der Waals surface area contributed by atoms with Crippen LogP contribution in [0.2, 0.25) is 0 Å². The second kappa shape index (κ2) is 9.09. The van der Waals surface area contributed by atoms with Crippen LogP contribution in [0.25, 0.3) is 10.9 Å². The number of halogens is 2. The van der Waals surface area contributed by atoms with E-state index in [0.717, 1.165) is 29.9 Å². The molecule has 1 aliphatic rings. The molecule has 1 unspecified atom stereocenters. The molecule has 2 aromatic carbocycles. The Morgan fingerprint density at radius 1 is 1.03 bits per heavy atom. The number of fused-ring (bicyclic) bond motifs is 1. The van der Waals surface area contributed by atoms with Gasteiger partial charge in [-0.1, -0.05) is 19.4 Å². The molecule has 0 radical (unpaired) electrons. The normalized spacial score (nSPS) is 16.1. The van der Waals surface area contributed by atoms with Gasteiger partial charge < -0.3 is 9.88 Å². The summed E-state index contributed by atoms with van der Waals surface area (Å²) in [7, 11) is 0. The first-order chi connectivity index (χ1) is 14.5. The highest BCUT2D eigenvalue weighted by Crippen LogP contribution is 2.26. The fourth-order valence-electron chi connectivity index (χ4n) is 4.33. The van der Waals surface area contributed by atoms with Crippen molar-refractivity contribution in [2.24, 2.45) is 0 Å². The molecule has 0 bridgehead atoms. The van der Waals surface area contributed by atoms with E-state index >= 15 is 0 Å². The second-order valence-corrected chi connectivity index (χ2v) is 8.50. The lowest BCUT2D eigenvalue weighted by Gasteiger charge is -2.27. The number of nitrogens with one attached hydrogen (secondary N) is 1. The largest absolute Gasteiger partial charge is 0.352 e. The summed E-state index contributed by atoms with van der Waals surface area (Å²) in [6.07, 6.45) is 5.05. The van der Waals surface area contributed by atoms with Crippen LogP contribution >= 0.6 is 0 Å². The van der Waals surface area contributed by atoms with Crippen LogP contribution in [-0.2, 0) is 6.42 Å². The number of ketones is 1. The van der Waals surface area contributed by atoms with Crippen LogP contribution in [0.5, 0.6) is 0 Å². The molecular weight excluding hydrogens is 382 g/mol. The molecule has 158 valence electrons. The molecule has 1 fully saturated rings. The second-order valence-electron chi connectivity index (χ2n) is 8.50. The molecule has 1 N–H and O–H groups in total. The Hall–Kier alpha value is -2.53.